The number of fused-ring (bicyclic) bond motifs is 1. The average Bonchev–Trinajstić information content (AvgIpc) is 2.89. The molecule has 0 aromatic heterocycles. The van der Waals surface area contributed by atoms with Crippen LogP contribution in [0.25, 0.3) is 0 Å². The third kappa shape index (κ3) is 2.81. The number of halogens is 1. The minimum absolute atomic E-state index is 0.278. The van der Waals surface area contributed by atoms with Gasteiger partial charge >= 0.3 is 0 Å². The molecule has 0 aliphatic carbocycles. The molecule has 0 radical (unpaired) electrons. The summed E-state index contributed by atoms with van der Waals surface area (Å²) in [6, 6.07) is 11.2. The van der Waals surface area contributed by atoms with E-state index in [1.54, 1.807) is 6.07 Å². The van der Waals surface area contributed by atoms with Crippen molar-refractivity contribution in [3.63, 3.8) is 0 Å². The Kier molecular flexibility index (Phi) is 3.67. The largest absolute Gasteiger partial charge is 0.454 e. The van der Waals surface area contributed by atoms with E-state index in [0.29, 0.717) is 23.9 Å². The van der Waals surface area contributed by atoms with E-state index in [-0.39, 0.29) is 6.79 Å². The molecule has 2 aromatic rings. The van der Waals surface area contributed by atoms with E-state index in [4.69, 9.17) is 31.5 Å². The van der Waals surface area contributed by atoms with Crippen LogP contribution in [0.3, 0.4) is 0 Å². The van der Waals surface area contributed by atoms with Crippen molar-refractivity contribution in [2.45, 2.75) is 13.2 Å². The number of hydrogen-bond donors (Lipinski definition) is 1. The lowest BCUT2D eigenvalue weighted by Gasteiger charge is -2.07. The molecule has 0 unspecified atom stereocenters. The summed E-state index contributed by atoms with van der Waals surface area (Å²) in [5.41, 5.74) is 8.24. The van der Waals surface area contributed by atoms with Gasteiger partial charge in [-0.25, -0.2) is 0 Å². The van der Waals surface area contributed by atoms with Crippen LogP contribution < -0.4 is 15.2 Å². The Morgan fingerprint density at radius 3 is 2.75 bits per heavy atom. The Labute approximate surface area is 122 Å². The molecule has 0 amide bonds. The Balaban J connectivity index is 1.60. The molecule has 104 valence electrons. The molecule has 0 saturated heterocycles. The molecular formula is C15H14ClNO3. The van der Waals surface area contributed by atoms with Crippen LogP contribution in [0.2, 0.25) is 5.02 Å². The predicted molar refractivity (Wildman–Crippen MR) is 76.9 cm³/mol. The quantitative estimate of drug-likeness (QED) is 0.878. The van der Waals surface area contributed by atoms with E-state index in [9.17, 15) is 0 Å². The van der Waals surface area contributed by atoms with Crippen LogP contribution in [0.15, 0.2) is 36.4 Å². The van der Waals surface area contributed by atoms with Gasteiger partial charge in [0.05, 0.1) is 13.2 Å². The number of benzene rings is 2. The van der Waals surface area contributed by atoms with Crippen LogP contribution in [0.1, 0.15) is 11.1 Å². The van der Waals surface area contributed by atoms with Gasteiger partial charge in [-0.05, 0) is 35.4 Å². The van der Waals surface area contributed by atoms with Gasteiger partial charge in [0, 0.05) is 10.7 Å². The fraction of sp³-hybridized carbons (Fsp3) is 0.200. The molecule has 3 rings (SSSR count). The van der Waals surface area contributed by atoms with E-state index in [0.717, 1.165) is 22.6 Å². The molecule has 0 bridgehead atoms. The zero-order valence-electron chi connectivity index (χ0n) is 10.8. The third-order valence-electron chi connectivity index (χ3n) is 3.04. The number of nitrogens with two attached hydrogens (primary N) is 1. The van der Waals surface area contributed by atoms with E-state index >= 15 is 0 Å². The summed E-state index contributed by atoms with van der Waals surface area (Å²) < 4.78 is 16.2. The molecule has 1 aliphatic heterocycles. The van der Waals surface area contributed by atoms with E-state index in [1.807, 2.05) is 30.3 Å². The van der Waals surface area contributed by atoms with Crippen LogP contribution in [0.4, 0.5) is 5.69 Å². The maximum absolute atomic E-state index is 6.09. The molecule has 1 heterocycles. The minimum Gasteiger partial charge on any atom is -0.454 e. The standard InChI is InChI=1S/C15H14ClNO3/c16-13-6-12(17)3-2-11(13)8-18-7-10-1-4-14-15(5-10)20-9-19-14/h1-6H,7-9,17H2. The molecule has 4 nitrogen and oxygen atoms in total. The maximum Gasteiger partial charge on any atom is 0.231 e. The van der Waals surface area contributed by atoms with Crippen molar-refractivity contribution in [2.75, 3.05) is 12.5 Å². The van der Waals surface area contributed by atoms with Crippen LogP contribution in [-0.4, -0.2) is 6.79 Å². The molecule has 2 aromatic carbocycles. The Hall–Kier alpha value is -1.91. The highest BCUT2D eigenvalue weighted by atomic mass is 35.5. The summed E-state index contributed by atoms with van der Waals surface area (Å²) in [6.45, 7) is 1.20. The monoisotopic (exact) mass is 291 g/mol. The lowest BCUT2D eigenvalue weighted by atomic mass is 10.2. The zero-order chi connectivity index (χ0) is 13.9. The van der Waals surface area contributed by atoms with Gasteiger partial charge in [-0.1, -0.05) is 23.7 Å². The minimum atomic E-state index is 0.278. The fourth-order valence-corrected chi connectivity index (χ4v) is 2.23. The summed E-state index contributed by atoms with van der Waals surface area (Å²) in [7, 11) is 0. The fourth-order valence-electron chi connectivity index (χ4n) is 1.99. The van der Waals surface area contributed by atoms with Crippen molar-refractivity contribution in [2.24, 2.45) is 0 Å². The highest BCUT2D eigenvalue weighted by molar-refractivity contribution is 6.31. The lowest BCUT2D eigenvalue weighted by molar-refractivity contribution is 0.107. The molecule has 2 N–H and O–H groups in total. The Bertz CT molecular complexity index is 631. The first-order valence-electron chi connectivity index (χ1n) is 6.22. The zero-order valence-corrected chi connectivity index (χ0v) is 11.5. The average molecular weight is 292 g/mol. The van der Waals surface area contributed by atoms with Crippen molar-refractivity contribution >= 4 is 17.3 Å². The molecule has 0 saturated carbocycles. The van der Waals surface area contributed by atoms with Crippen molar-refractivity contribution in [1.82, 2.24) is 0 Å². The number of nitrogen functional groups attached to an aromatic ring is 1. The summed E-state index contributed by atoms with van der Waals surface area (Å²) >= 11 is 6.09. The Morgan fingerprint density at radius 1 is 1.05 bits per heavy atom. The second kappa shape index (κ2) is 5.61. The number of ether oxygens (including phenoxy) is 3. The first-order chi connectivity index (χ1) is 9.72. The van der Waals surface area contributed by atoms with E-state index < -0.39 is 0 Å². The molecule has 1 aliphatic rings. The second-order valence-electron chi connectivity index (χ2n) is 4.53. The first kappa shape index (κ1) is 13.1. The highest BCUT2D eigenvalue weighted by Gasteiger charge is 2.13. The highest BCUT2D eigenvalue weighted by Crippen LogP contribution is 2.32. The molecule has 0 spiro atoms. The summed E-state index contributed by atoms with van der Waals surface area (Å²) in [6.07, 6.45) is 0. The number of anilines is 1. The normalized spacial score (nSPS) is 12.7. The topological polar surface area (TPSA) is 53.7 Å². The van der Waals surface area contributed by atoms with Crippen molar-refractivity contribution < 1.29 is 14.2 Å². The molecule has 0 fully saturated rings. The van der Waals surface area contributed by atoms with E-state index in [2.05, 4.69) is 0 Å². The van der Waals surface area contributed by atoms with Crippen LogP contribution in [0, 0.1) is 0 Å². The van der Waals surface area contributed by atoms with Gasteiger partial charge in [0.15, 0.2) is 11.5 Å². The first-order valence-corrected chi connectivity index (χ1v) is 6.60. The van der Waals surface area contributed by atoms with Crippen LogP contribution in [-0.2, 0) is 18.0 Å². The lowest BCUT2D eigenvalue weighted by Crippen LogP contribution is -1.96. The summed E-state index contributed by atoms with van der Waals surface area (Å²) in [5, 5.41) is 0.621. The van der Waals surface area contributed by atoms with Crippen molar-refractivity contribution in [3.05, 3.63) is 52.5 Å². The van der Waals surface area contributed by atoms with Crippen molar-refractivity contribution in [1.29, 1.82) is 0 Å². The molecule has 20 heavy (non-hydrogen) atoms. The van der Waals surface area contributed by atoms with Gasteiger partial charge < -0.3 is 19.9 Å². The van der Waals surface area contributed by atoms with E-state index in [1.165, 1.54) is 0 Å². The number of rotatable bonds is 4. The third-order valence-corrected chi connectivity index (χ3v) is 3.39. The van der Waals surface area contributed by atoms with Crippen LogP contribution in [0.5, 0.6) is 11.5 Å². The van der Waals surface area contributed by atoms with Gasteiger partial charge in [0.1, 0.15) is 0 Å². The van der Waals surface area contributed by atoms with Gasteiger partial charge in [0.25, 0.3) is 0 Å². The smallest absolute Gasteiger partial charge is 0.231 e. The SMILES string of the molecule is Nc1ccc(COCc2ccc3c(c2)OCO3)c(Cl)c1. The second-order valence-corrected chi connectivity index (χ2v) is 4.94. The van der Waals surface area contributed by atoms with Gasteiger partial charge in [-0.2, -0.15) is 0 Å². The van der Waals surface area contributed by atoms with Crippen molar-refractivity contribution in [3.8, 4) is 11.5 Å². The maximum atomic E-state index is 6.09. The van der Waals surface area contributed by atoms with Crippen LogP contribution >= 0.6 is 11.6 Å². The molecule has 5 heteroatoms. The van der Waals surface area contributed by atoms with Gasteiger partial charge in [0.2, 0.25) is 6.79 Å². The molecule has 0 atom stereocenters. The Morgan fingerprint density at radius 2 is 1.90 bits per heavy atom. The summed E-state index contributed by atoms with van der Waals surface area (Å²) in [4.78, 5) is 0. The molecular weight excluding hydrogens is 278 g/mol. The predicted octanol–water partition coefficient (Wildman–Crippen LogP) is 3.37. The summed E-state index contributed by atoms with van der Waals surface area (Å²) in [5.74, 6) is 1.53. The van der Waals surface area contributed by atoms with Gasteiger partial charge in [-0.3, -0.25) is 0 Å². The van der Waals surface area contributed by atoms with Gasteiger partial charge in [-0.15, -0.1) is 0 Å². The number of hydrogen-bond acceptors (Lipinski definition) is 4.